The van der Waals surface area contributed by atoms with Crippen LogP contribution < -0.4 is 0 Å². The van der Waals surface area contributed by atoms with Crippen LogP contribution in [0.4, 0.5) is 0 Å². The number of fused-ring (bicyclic) bond motifs is 1. The normalized spacial score (nSPS) is 19.3. The van der Waals surface area contributed by atoms with E-state index >= 15 is 0 Å². The van der Waals surface area contributed by atoms with E-state index in [0.717, 1.165) is 55.5 Å². The molecule has 208 valence electrons. The van der Waals surface area contributed by atoms with Crippen molar-refractivity contribution in [3.63, 3.8) is 0 Å². The number of aromatic nitrogens is 1. The lowest BCUT2D eigenvalue weighted by Gasteiger charge is -2.37. The molecule has 10 nitrogen and oxygen atoms in total. The molecule has 1 aliphatic rings. The Hall–Kier alpha value is -3.18. The zero-order valence-electron chi connectivity index (χ0n) is 22.1. The minimum absolute atomic E-state index is 0.231. The minimum atomic E-state index is -2.27. The number of carbonyl (C=O) groups excluding carboxylic acids is 1. The SMILES string of the molecule is C=CC1CN(CCCN(C)C)CCC1CCC(=O)c1ccnc2ccccc12.O=C(O)C(O)C(O)C(=O)O. The van der Waals surface area contributed by atoms with Crippen molar-refractivity contribution in [2.24, 2.45) is 11.8 Å². The number of benzene rings is 1. The molecule has 4 atom stereocenters. The summed E-state index contributed by atoms with van der Waals surface area (Å²) >= 11 is 0. The number of carboxylic acids is 2. The first kappa shape index (κ1) is 31.0. The van der Waals surface area contributed by atoms with Crippen molar-refractivity contribution in [3.05, 3.63) is 54.7 Å². The maximum Gasteiger partial charge on any atom is 0.335 e. The van der Waals surface area contributed by atoms with Gasteiger partial charge in [-0.25, -0.2) is 9.59 Å². The topological polar surface area (TPSA) is 152 Å². The number of ketones is 1. The number of Topliss-reactive ketones (excluding diaryl/α,β-unsaturated/α-hetero) is 1. The van der Waals surface area contributed by atoms with Crippen LogP contribution in [0.1, 0.15) is 36.0 Å². The summed E-state index contributed by atoms with van der Waals surface area (Å²) in [6, 6.07) is 9.76. The molecule has 1 saturated heterocycles. The highest BCUT2D eigenvalue weighted by molar-refractivity contribution is 6.07. The van der Waals surface area contributed by atoms with Gasteiger partial charge < -0.3 is 30.2 Å². The molecule has 10 heteroatoms. The van der Waals surface area contributed by atoms with E-state index in [-0.39, 0.29) is 5.78 Å². The number of aliphatic hydroxyl groups is 2. The average Bonchev–Trinajstić information content (AvgIpc) is 2.90. The Labute approximate surface area is 223 Å². The third-order valence-corrected chi connectivity index (χ3v) is 6.77. The summed E-state index contributed by atoms with van der Waals surface area (Å²) in [5.74, 6) is -2.27. The number of para-hydroxylation sites is 1. The second-order valence-corrected chi connectivity index (χ2v) is 9.81. The second kappa shape index (κ2) is 15.3. The predicted octanol–water partition coefficient (Wildman–Crippen LogP) is 2.15. The Morgan fingerprint density at radius 2 is 1.79 bits per heavy atom. The van der Waals surface area contributed by atoms with E-state index in [2.05, 4.69) is 41.5 Å². The average molecular weight is 530 g/mol. The van der Waals surface area contributed by atoms with E-state index in [1.165, 1.54) is 6.42 Å². The van der Waals surface area contributed by atoms with Crippen LogP contribution in [0, 0.1) is 11.8 Å². The number of hydrogen-bond acceptors (Lipinski definition) is 8. The fourth-order valence-electron chi connectivity index (χ4n) is 4.60. The van der Waals surface area contributed by atoms with Crippen molar-refractivity contribution in [1.29, 1.82) is 0 Å². The first-order chi connectivity index (χ1) is 18.0. The summed E-state index contributed by atoms with van der Waals surface area (Å²) < 4.78 is 0. The van der Waals surface area contributed by atoms with Gasteiger partial charge in [0, 0.05) is 30.1 Å². The molecule has 1 aliphatic heterocycles. The van der Waals surface area contributed by atoms with E-state index in [0.29, 0.717) is 18.3 Å². The highest BCUT2D eigenvalue weighted by atomic mass is 16.4. The van der Waals surface area contributed by atoms with Gasteiger partial charge in [-0.05, 0) is 77.0 Å². The molecule has 0 radical (unpaired) electrons. The highest BCUT2D eigenvalue weighted by Gasteiger charge is 2.29. The van der Waals surface area contributed by atoms with Gasteiger partial charge in [-0.15, -0.1) is 6.58 Å². The molecule has 0 bridgehead atoms. The Kier molecular flexibility index (Phi) is 12.5. The van der Waals surface area contributed by atoms with Gasteiger partial charge in [0.25, 0.3) is 0 Å². The maximum atomic E-state index is 12.9. The largest absolute Gasteiger partial charge is 0.479 e. The second-order valence-electron chi connectivity index (χ2n) is 9.81. The van der Waals surface area contributed by atoms with Gasteiger partial charge in [0.1, 0.15) is 0 Å². The Bertz CT molecular complexity index is 1070. The van der Waals surface area contributed by atoms with Crippen LogP contribution in [-0.4, -0.2) is 105 Å². The number of carbonyl (C=O) groups is 3. The van der Waals surface area contributed by atoms with E-state index in [1.54, 1.807) is 6.20 Å². The van der Waals surface area contributed by atoms with Crippen molar-refractivity contribution in [3.8, 4) is 0 Å². The molecule has 1 aromatic carbocycles. The number of aliphatic hydroxyl groups excluding tert-OH is 2. The lowest BCUT2D eigenvalue weighted by atomic mass is 9.81. The van der Waals surface area contributed by atoms with Crippen LogP contribution >= 0.6 is 0 Å². The molecular formula is C28H39N3O7. The van der Waals surface area contributed by atoms with Crippen LogP contribution in [0.3, 0.4) is 0 Å². The zero-order valence-corrected chi connectivity index (χ0v) is 22.1. The third-order valence-electron chi connectivity index (χ3n) is 6.77. The maximum absolute atomic E-state index is 12.9. The van der Waals surface area contributed by atoms with E-state index in [9.17, 15) is 14.4 Å². The van der Waals surface area contributed by atoms with Crippen molar-refractivity contribution in [1.82, 2.24) is 14.8 Å². The smallest absolute Gasteiger partial charge is 0.335 e. The summed E-state index contributed by atoms with van der Waals surface area (Å²) in [5.41, 5.74) is 1.70. The van der Waals surface area contributed by atoms with E-state index in [1.807, 2.05) is 30.3 Å². The van der Waals surface area contributed by atoms with Gasteiger partial charge in [-0.2, -0.15) is 0 Å². The number of piperidine rings is 1. The molecule has 2 heterocycles. The monoisotopic (exact) mass is 529 g/mol. The molecule has 3 rings (SSSR count). The number of carboxylic acid groups (broad SMARTS) is 2. The van der Waals surface area contributed by atoms with Crippen molar-refractivity contribution in [2.45, 2.75) is 37.9 Å². The summed E-state index contributed by atoms with van der Waals surface area (Å²) in [6.45, 7) is 8.57. The van der Waals surface area contributed by atoms with Gasteiger partial charge in [0.15, 0.2) is 18.0 Å². The Morgan fingerprint density at radius 3 is 2.39 bits per heavy atom. The minimum Gasteiger partial charge on any atom is -0.479 e. The molecule has 0 spiro atoms. The molecule has 0 aliphatic carbocycles. The van der Waals surface area contributed by atoms with Gasteiger partial charge in [-0.3, -0.25) is 9.78 Å². The quantitative estimate of drug-likeness (QED) is 0.238. The van der Waals surface area contributed by atoms with Crippen LogP contribution in [-0.2, 0) is 9.59 Å². The number of pyridine rings is 1. The summed E-state index contributed by atoms with van der Waals surface area (Å²) in [6.07, 6.45) is 3.22. The van der Waals surface area contributed by atoms with Crippen molar-refractivity contribution >= 4 is 28.6 Å². The van der Waals surface area contributed by atoms with Gasteiger partial charge >= 0.3 is 11.9 Å². The lowest BCUT2D eigenvalue weighted by Crippen LogP contribution is -2.40. The number of aliphatic carboxylic acids is 2. The predicted molar refractivity (Wildman–Crippen MR) is 144 cm³/mol. The van der Waals surface area contributed by atoms with Crippen LogP contribution in [0.2, 0.25) is 0 Å². The van der Waals surface area contributed by atoms with Crippen molar-refractivity contribution in [2.75, 3.05) is 40.3 Å². The van der Waals surface area contributed by atoms with Crippen LogP contribution in [0.25, 0.3) is 10.9 Å². The number of hydrogen-bond donors (Lipinski definition) is 4. The summed E-state index contributed by atoms with van der Waals surface area (Å²) in [5, 5.41) is 33.5. The molecule has 4 unspecified atom stereocenters. The van der Waals surface area contributed by atoms with Crippen LogP contribution in [0.5, 0.6) is 0 Å². The molecule has 2 aromatic rings. The third kappa shape index (κ3) is 9.29. The van der Waals surface area contributed by atoms with Gasteiger partial charge in [0.2, 0.25) is 0 Å². The summed E-state index contributed by atoms with van der Waals surface area (Å²) in [7, 11) is 4.25. The fraction of sp³-hybridized carbons (Fsp3) is 0.500. The van der Waals surface area contributed by atoms with E-state index < -0.39 is 24.1 Å². The first-order valence-electron chi connectivity index (χ1n) is 12.7. The van der Waals surface area contributed by atoms with Crippen molar-refractivity contribution < 1.29 is 34.8 Å². The number of likely N-dealkylation sites (tertiary alicyclic amines) is 1. The molecular weight excluding hydrogens is 490 g/mol. The van der Waals surface area contributed by atoms with Gasteiger partial charge in [-0.1, -0.05) is 24.3 Å². The number of nitrogens with zero attached hydrogens (tertiary/aromatic N) is 3. The first-order valence-corrected chi connectivity index (χ1v) is 12.7. The molecule has 0 amide bonds. The fourth-order valence-corrected chi connectivity index (χ4v) is 4.60. The van der Waals surface area contributed by atoms with Gasteiger partial charge in [0.05, 0.1) is 5.52 Å². The molecule has 0 saturated carbocycles. The lowest BCUT2D eigenvalue weighted by molar-refractivity contribution is -0.165. The summed E-state index contributed by atoms with van der Waals surface area (Å²) in [4.78, 5) is 41.6. The molecule has 1 fully saturated rings. The molecule has 1 aromatic heterocycles. The highest BCUT2D eigenvalue weighted by Crippen LogP contribution is 2.30. The zero-order chi connectivity index (χ0) is 28.2. The van der Waals surface area contributed by atoms with Crippen LogP contribution in [0.15, 0.2) is 49.2 Å². The standard InChI is InChI=1S/C24H33N3O.C4H6O6/c1-4-19-18-27(16-7-15-26(2)3)17-13-20(19)10-11-24(28)22-12-14-25-23-9-6-5-8-21(22)23;5-1(3(7)8)2(6)4(9)10/h4-6,8-9,12,14,19-20H,1,7,10-11,13,15-18H2,2-3H3;1-2,5-6H,(H,7,8)(H,9,10). The molecule has 38 heavy (non-hydrogen) atoms. The molecule has 4 N–H and O–H groups in total. The van der Waals surface area contributed by atoms with E-state index in [4.69, 9.17) is 20.4 Å². The Morgan fingerprint density at radius 1 is 1.13 bits per heavy atom. The number of rotatable bonds is 12. The Balaban J connectivity index is 0.000000432.